The van der Waals surface area contributed by atoms with E-state index in [2.05, 4.69) is 22.0 Å². The Morgan fingerprint density at radius 3 is 2.60 bits per heavy atom. The van der Waals surface area contributed by atoms with Gasteiger partial charge in [0.15, 0.2) is 5.65 Å². The smallest absolute Gasteiger partial charge is 0.262 e. The molecule has 0 aliphatic carbocycles. The predicted molar refractivity (Wildman–Crippen MR) is 115 cm³/mol. The lowest BCUT2D eigenvalue weighted by atomic mass is 10.1. The van der Waals surface area contributed by atoms with Crippen LogP contribution in [0.1, 0.15) is 42.7 Å². The molecule has 9 heteroatoms. The zero-order valence-corrected chi connectivity index (χ0v) is 17.7. The predicted octanol–water partition coefficient (Wildman–Crippen LogP) is 0.801. The lowest BCUT2D eigenvalue weighted by molar-refractivity contribution is 0.170. The van der Waals surface area contributed by atoms with Gasteiger partial charge in [-0.05, 0) is 18.1 Å². The minimum atomic E-state index is -0.357. The normalized spacial score (nSPS) is 11.8. The van der Waals surface area contributed by atoms with E-state index in [4.69, 9.17) is 4.98 Å². The van der Waals surface area contributed by atoms with E-state index < -0.39 is 0 Å². The number of aliphatic hydroxyl groups excluding tert-OH is 2. The molecular formula is C21H30N6O3. The van der Waals surface area contributed by atoms with Crippen LogP contribution in [-0.2, 0) is 26.6 Å². The van der Waals surface area contributed by atoms with Crippen molar-refractivity contribution in [2.75, 3.05) is 13.2 Å². The van der Waals surface area contributed by atoms with E-state index in [1.165, 1.54) is 0 Å². The van der Waals surface area contributed by atoms with Crippen molar-refractivity contribution in [3.63, 3.8) is 0 Å². The zero-order valence-electron chi connectivity index (χ0n) is 17.7. The highest BCUT2D eigenvalue weighted by atomic mass is 16.3. The molecule has 0 fully saturated rings. The van der Waals surface area contributed by atoms with Crippen molar-refractivity contribution in [2.45, 2.75) is 45.3 Å². The number of aromatic nitrogens is 5. The number of fused-ring (bicyclic) bond motifs is 1. The third-order valence-electron chi connectivity index (χ3n) is 5.22. The first kappa shape index (κ1) is 21.9. The van der Waals surface area contributed by atoms with Crippen molar-refractivity contribution in [1.29, 1.82) is 0 Å². The molecule has 0 saturated carbocycles. The number of hydrogen-bond donors (Lipinski definition) is 4. The topological polar surface area (TPSA) is 121 Å². The molecule has 3 aromatic heterocycles. The van der Waals surface area contributed by atoms with E-state index in [1.54, 1.807) is 10.8 Å². The largest absolute Gasteiger partial charge is 0.395 e. The summed E-state index contributed by atoms with van der Waals surface area (Å²) in [6.45, 7) is 8.51. The van der Waals surface area contributed by atoms with E-state index in [0.29, 0.717) is 36.4 Å². The average Bonchev–Trinajstić information content (AvgIpc) is 3.25. The van der Waals surface area contributed by atoms with E-state index in [9.17, 15) is 15.0 Å². The van der Waals surface area contributed by atoms with Crippen molar-refractivity contribution in [1.82, 2.24) is 29.6 Å². The maximum atomic E-state index is 12.8. The van der Waals surface area contributed by atoms with Crippen molar-refractivity contribution in [3.05, 3.63) is 58.0 Å². The highest BCUT2D eigenvalue weighted by Crippen LogP contribution is 2.21. The standard InChI is InChI=1S/C21H30N6O3/c1-5-8-27-20-18(19(25-27)13(2)3)21(30)24-17(23-20)9-15-6-7-16(26(15)4)10-22-14(11-28)12-29/h5-7,13-14,22,28-29H,1,8-12H2,2-4H3,(H,23,24,30). The van der Waals surface area contributed by atoms with Gasteiger partial charge < -0.3 is 25.1 Å². The molecule has 0 unspecified atom stereocenters. The fourth-order valence-corrected chi connectivity index (χ4v) is 3.45. The Balaban J connectivity index is 1.90. The second-order valence-corrected chi connectivity index (χ2v) is 7.72. The Labute approximate surface area is 175 Å². The monoisotopic (exact) mass is 414 g/mol. The highest BCUT2D eigenvalue weighted by molar-refractivity contribution is 5.78. The summed E-state index contributed by atoms with van der Waals surface area (Å²) in [5.41, 5.74) is 3.11. The number of aromatic amines is 1. The van der Waals surface area contributed by atoms with Crippen molar-refractivity contribution < 1.29 is 10.2 Å². The third-order valence-corrected chi connectivity index (χ3v) is 5.22. The van der Waals surface area contributed by atoms with Crippen LogP contribution in [0.2, 0.25) is 0 Å². The summed E-state index contributed by atoms with van der Waals surface area (Å²) in [6.07, 6.45) is 2.20. The fourth-order valence-electron chi connectivity index (χ4n) is 3.45. The summed E-state index contributed by atoms with van der Waals surface area (Å²) in [5.74, 6) is 0.675. The zero-order chi connectivity index (χ0) is 21.8. The van der Waals surface area contributed by atoms with Crippen LogP contribution in [0.5, 0.6) is 0 Å². The van der Waals surface area contributed by atoms with Crippen LogP contribution in [0.25, 0.3) is 11.0 Å². The number of hydrogen-bond acceptors (Lipinski definition) is 6. The lowest BCUT2D eigenvalue weighted by Gasteiger charge is -2.14. The molecule has 0 saturated heterocycles. The second-order valence-electron chi connectivity index (χ2n) is 7.72. The van der Waals surface area contributed by atoms with Gasteiger partial charge in [-0.2, -0.15) is 5.10 Å². The Hall–Kier alpha value is -2.75. The van der Waals surface area contributed by atoms with Gasteiger partial charge in [-0.15, -0.1) is 6.58 Å². The molecule has 0 aliphatic rings. The molecule has 0 atom stereocenters. The lowest BCUT2D eigenvalue weighted by Crippen LogP contribution is -2.35. The Morgan fingerprint density at radius 2 is 1.97 bits per heavy atom. The minimum Gasteiger partial charge on any atom is -0.395 e. The van der Waals surface area contributed by atoms with E-state index >= 15 is 0 Å². The first-order valence-electron chi connectivity index (χ1n) is 10.1. The summed E-state index contributed by atoms with van der Waals surface area (Å²) in [5, 5.41) is 26.6. The van der Waals surface area contributed by atoms with Gasteiger partial charge in [0.1, 0.15) is 11.2 Å². The van der Waals surface area contributed by atoms with Crippen LogP contribution in [0.3, 0.4) is 0 Å². The highest BCUT2D eigenvalue weighted by Gasteiger charge is 2.19. The Kier molecular flexibility index (Phi) is 6.86. The minimum absolute atomic E-state index is 0.108. The van der Waals surface area contributed by atoms with Crippen molar-refractivity contribution in [2.24, 2.45) is 7.05 Å². The summed E-state index contributed by atoms with van der Waals surface area (Å²) in [7, 11) is 1.94. The molecule has 0 spiro atoms. The van der Waals surface area contributed by atoms with Crippen LogP contribution in [0.4, 0.5) is 0 Å². The molecule has 4 N–H and O–H groups in total. The number of H-pyrrole nitrogens is 1. The molecule has 0 amide bonds. The van der Waals surface area contributed by atoms with E-state index in [0.717, 1.165) is 17.1 Å². The van der Waals surface area contributed by atoms with Crippen LogP contribution < -0.4 is 10.9 Å². The Bertz CT molecular complexity index is 1070. The Morgan fingerprint density at radius 1 is 1.27 bits per heavy atom. The summed E-state index contributed by atoms with van der Waals surface area (Å²) in [4.78, 5) is 20.4. The quantitative estimate of drug-likeness (QED) is 0.364. The summed E-state index contributed by atoms with van der Waals surface area (Å²) in [6, 6.07) is 3.60. The molecule has 9 nitrogen and oxygen atoms in total. The molecule has 162 valence electrons. The number of nitrogens with zero attached hydrogens (tertiary/aromatic N) is 4. The number of aliphatic hydroxyl groups is 2. The van der Waals surface area contributed by atoms with Gasteiger partial charge in [0.05, 0.1) is 31.5 Å². The molecular weight excluding hydrogens is 384 g/mol. The van der Waals surface area contributed by atoms with E-state index in [-0.39, 0.29) is 30.7 Å². The van der Waals surface area contributed by atoms with Crippen molar-refractivity contribution in [3.8, 4) is 0 Å². The summed E-state index contributed by atoms with van der Waals surface area (Å²) < 4.78 is 3.74. The molecule has 0 aromatic carbocycles. The molecule has 3 aromatic rings. The van der Waals surface area contributed by atoms with E-state index in [1.807, 2.05) is 37.6 Å². The van der Waals surface area contributed by atoms with Gasteiger partial charge in [-0.1, -0.05) is 19.9 Å². The van der Waals surface area contributed by atoms with Gasteiger partial charge in [0, 0.05) is 31.4 Å². The molecule has 0 aliphatic heterocycles. The van der Waals surface area contributed by atoms with Gasteiger partial charge >= 0.3 is 0 Å². The maximum Gasteiger partial charge on any atom is 0.262 e. The van der Waals surface area contributed by atoms with Crippen LogP contribution in [-0.4, -0.2) is 53.8 Å². The fraction of sp³-hybridized carbons (Fsp3) is 0.476. The molecule has 3 heterocycles. The van der Waals surface area contributed by atoms with Crippen LogP contribution in [0, 0.1) is 0 Å². The van der Waals surface area contributed by atoms with Gasteiger partial charge in [0.25, 0.3) is 5.56 Å². The number of nitrogens with one attached hydrogen (secondary N) is 2. The molecule has 0 radical (unpaired) electrons. The SMILES string of the molecule is C=CCn1nc(C(C)C)c2c(=O)[nH]c(Cc3ccc(CNC(CO)CO)n3C)nc21. The summed E-state index contributed by atoms with van der Waals surface area (Å²) >= 11 is 0. The molecule has 3 rings (SSSR count). The number of rotatable bonds is 10. The number of allylic oxidation sites excluding steroid dienone is 1. The first-order valence-corrected chi connectivity index (χ1v) is 10.1. The van der Waals surface area contributed by atoms with Gasteiger partial charge in [0.2, 0.25) is 0 Å². The second kappa shape index (κ2) is 9.38. The molecule has 30 heavy (non-hydrogen) atoms. The van der Waals surface area contributed by atoms with Crippen molar-refractivity contribution >= 4 is 11.0 Å². The van der Waals surface area contributed by atoms with Crippen LogP contribution in [0.15, 0.2) is 29.6 Å². The molecule has 0 bridgehead atoms. The third kappa shape index (κ3) is 4.38. The maximum absolute atomic E-state index is 12.8. The van der Waals surface area contributed by atoms with Gasteiger partial charge in [-0.3, -0.25) is 4.79 Å². The first-order chi connectivity index (χ1) is 14.4. The average molecular weight is 415 g/mol. The van der Waals surface area contributed by atoms with Gasteiger partial charge in [-0.25, -0.2) is 9.67 Å². The van der Waals surface area contributed by atoms with Crippen LogP contribution >= 0.6 is 0 Å².